The predicted molar refractivity (Wildman–Crippen MR) is 82.8 cm³/mol. The summed E-state index contributed by atoms with van der Waals surface area (Å²) in [5, 5.41) is 3.35. The van der Waals surface area contributed by atoms with Crippen LogP contribution in [0, 0.1) is 0 Å². The number of anilines is 1. The Morgan fingerprint density at radius 3 is 2.81 bits per heavy atom. The lowest BCUT2D eigenvalue weighted by atomic mass is 10.3. The van der Waals surface area contributed by atoms with Crippen LogP contribution in [0.15, 0.2) is 61.3 Å². The normalized spacial score (nSPS) is 10.5. The van der Waals surface area contributed by atoms with Crippen molar-refractivity contribution in [2.75, 3.05) is 11.9 Å². The van der Waals surface area contributed by atoms with Gasteiger partial charge in [0.2, 0.25) is 0 Å². The second kappa shape index (κ2) is 6.65. The molecule has 0 spiro atoms. The molecule has 0 fully saturated rings. The lowest BCUT2D eigenvalue weighted by Gasteiger charge is -2.08. The highest BCUT2D eigenvalue weighted by molar-refractivity contribution is 5.49. The van der Waals surface area contributed by atoms with Gasteiger partial charge in [-0.25, -0.2) is 4.98 Å². The molecule has 0 atom stereocenters. The summed E-state index contributed by atoms with van der Waals surface area (Å²) in [5.41, 5.74) is 1.95. The lowest BCUT2D eigenvalue weighted by Crippen LogP contribution is -2.07. The molecule has 0 radical (unpaired) electrons. The summed E-state index contributed by atoms with van der Waals surface area (Å²) < 4.78 is 2.13. The number of hydrogen-bond acceptors (Lipinski definition) is 4. The van der Waals surface area contributed by atoms with Gasteiger partial charge < -0.3 is 9.88 Å². The van der Waals surface area contributed by atoms with Crippen LogP contribution >= 0.6 is 0 Å². The fourth-order valence-corrected chi connectivity index (χ4v) is 2.17. The second-order valence-corrected chi connectivity index (χ2v) is 4.68. The number of rotatable bonds is 6. The van der Waals surface area contributed by atoms with Crippen LogP contribution in [0.5, 0.6) is 0 Å². The van der Waals surface area contributed by atoms with Crippen LogP contribution in [0.3, 0.4) is 0 Å². The molecule has 3 rings (SSSR count). The maximum atomic E-state index is 4.39. The van der Waals surface area contributed by atoms with Gasteiger partial charge in [0.15, 0.2) is 5.82 Å². The van der Waals surface area contributed by atoms with Crippen LogP contribution in [-0.4, -0.2) is 26.1 Å². The summed E-state index contributed by atoms with van der Waals surface area (Å²) >= 11 is 0. The zero-order valence-corrected chi connectivity index (χ0v) is 11.7. The van der Waals surface area contributed by atoms with Crippen molar-refractivity contribution in [3.05, 3.63) is 61.3 Å². The average molecular weight is 279 g/mol. The minimum absolute atomic E-state index is 0.894. The maximum absolute atomic E-state index is 4.39. The summed E-state index contributed by atoms with van der Waals surface area (Å²) in [6, 6.07) is 9.81. The van der Waals surface area contributed by atoms with E-state index in [1.54, 1.807) is 12.4 Å². The van der Waals surface area contributed by atoms with Gasteiger partial charge in [0.1, 0.15) is 5.69 Å². The molecule has 3 aromatic rings. The Labute approximate surface area is 123 Å². The Morgan fingerprint density at radius 2 is 2.00 bits per heavy atom. The third-order valence-electron chi connectivity index (χ3n) is 3.18. The quantitative estimate of drug-likeness (QED) is 0.705. The molecule has 0 aromatic carbocycles. The molecule has 0 aliphatic carbocycles. The summed E-state index contributed by atoms with van der Waals surface area (Å²) in [5.74, 6) is 0.914. The van der Waals surface area contributed by atoms with Gasteiger partial charge in [-0.1, -0.05) is 6.07 Å². The first-order chi connectivity index (χ1) is 10.4. The van der Waals surface area contributed by atoms with Gasteiger partial charge in [-0.05, 0) is 30.7 Å². The Morgan fingerprint density at radius 1 is 1.00 bits per heavy atom. The van der Waals surface area contributed by atoms with Crippen LogP contribution < -0.4 is 5.32 Å². The van der Waals surface area contributed by atoms with Crippen molar-refractivity contribution in [3.63, 3.8) is 0 Å². The Bertz CT molecular complexity index is 663. The van der Waals surface area contributed by atoms with Crippen LogP contribution in [0.25, 0.3) is 11.5 Å². The third-order valence-corrected chi connectivity index (χ3v) is 3.18. The third kappa shape index (κ3) is 3.45. The molecule has 0 aliphatic rings. The van der Waals surface area contributed by atoms with E-state index in [-0.39, 0.29) is 0 Å². The average Bonchev–Trinajstić information content (AvgIpc) is 3.02. The molecule has 5 nitrogen and oxygen atoms in total. The fraction of sp³-hybridized carbons (Fsp3) is 0.188. The molecule has 1 N–H and O–H groups in total. The molecule has 0 aliphatic heterocycles. The molecule has 0 amide bonds. The van der Waals surface area contributed by atoms with Crippen molar-refractivity contribution < 1.29 is 0 Å². The SMILES string of the molecule is c1ccc(-c2nccn2CCCNc2cccnc2)nc1. The van der Waals surface area contributed by atoms with E-state index < -0.39 is 0 Å². The summed E-state index contributed by atoms with van der Waals surface area (Å²) in [7, 11) is 0. The molecule has 0 saturated heterocycles. The lowest BCUT2D eigenvalue weighted by molar-refractivity contribution is 0.666. The number of imidazole rings is 1. The standard InChI is InChI=1S/C16H17N5/c1-2-8-19-15(6-1)16-20-10-12-21(16)11-4-9-18-14-5-3-7-17-13-14/h1-3,5-8,10,12-13,18H,4,9,11H2. The van der Waals surface area contributed by atoms with Crippen molar-refractivity contribution in [3.8, 4) is 11.5 Å². The molecule has 0 bridgehead atoms. The molecular weight excluding hydrogens is 262 g/mol. The fourth-order valence-electron chi connectivity index (χ4n) is 2.17. The topological polar surface area (TPSA) is 55.6 Å². The first-order valence-corrected chi connectivity index (χ1v) is 7.00. The molecule has 3 heterocycles. The molecule has 0 unspecified atom stereocenters. The van der Waals surface area contributed by atoms with Gasteiger partial charge in [0, 0.05) is 44.1 Å². The van der Waals surface area contributed by atoms with Gasteiger partial charge in [0.05, 0.1) is 5.69 Å². The number of aromatic nitrogens is 4. The van der Waals surface area contributed by atoms with E-state index in [1.807, 2.05) is 48.9 Å². The molecule has 5 heteroatoms. The number of pyridine rings is 2. The van der Waals surface area contributed by atoms with E-state index in [0.29, 0.717) is 0 Å². The van der Waals surface area contributed by atoms with Gasteiger partial charge in [-0.2, -0.15) is 0 Å². The minimum atomic E-state index is 0.894. The van der Waals surface area contributed by atoms with Crippen molar-refractivity contribution in [1.82, 2.24) is 19.5 Å². The zero-order chi connectivity index (χ0) is 14.3. The summed E-state index contributed by atoms with van der Waals surface area (Å²) in [6.45, 7) is 1.80. The molecule has 3 aromatic heterocycles. The van der Waals surface area contributed by atoms with Gasteiger partial charge in [-0.15, -0.1) is 0 Å². The van der Waals surface area contributed by atoms with Crippen LogP contribution in [0.4, 0.5) is 5.69 Å². The number of hydrogen-bond donors (Lipinski definition) is 1. The van der Waals surface area contributed by atoms with Crippen LogP contribution in [0.2, 0.25) is 0 Å². The predicted octanol–water partition coefficient (Wildman–Crippen LogP) is 2.84. The smallest absolute Gasteiger partial charge is 0.158 e. The van der Waals surface area contributed by atoms with E-state index >= 15 is 0 Å². The van der Waals surface area contributed by atoms with E-state index in [9.17, 15) is 0 Å². The molecule has 21 heavy (non-hydrogen) atoms. The summed E-state index contributed by atoms with van der Waals surface area (Å²) in [4.78, 5) is 12.8. The van der Waals surface area contributed by atoms with Crippen molar-refractivity contribution in [2.45, 2.75) is 13.0 Å². The number of aryl methyl sites for hydroxylation is 1. The van der Waals surface area contributed by atoms with Gasteiger partial charge >= 0.3 is 0 Å². The number of nitrogens with one attached hydrogen (secondary N) is 1. The van der Waals surface area contributed by atoms with Gasteiger partial charge in [-0.3, -0.25) is 9.97 Å². The zero-order valence-electron chi connectivity index (χ0n) is 11.7. The first kappa shape index (κ1) is 13.3. The largest absolute Gasteiger partial charge is 0.384 e. The van der Waals surface area contributed by atoms with E-state index in [1.165, 1.54) is 0 Å². The Balaban J connectivity index is 1.56. The van der Waals surface area contributed by atoms with Crippen molar-refractivity contribution >= 4 is 5.69 Å². The number of nitrogens with zero attached hydrogens (tertiary/aromatic N) is 4. The molecule has 106 valence electrons. The highest BCUT2D eigenvalue weighted by Gasteiger charge is 2.05. The second-order valence-electron chi connectivity index (χ2n) is 4.68. The monoisotopic (exact) mass is 279 g/mol. The highest BCUT2D eigenvalue weighted by Crippen LogP contribution is 2.14. The molecule has 0 saturated carbocycles. The van der Waals surface area contributed by atoms with Gasteiger partial charge in [0.25, 0.3) is 0 Å². The molecular formula is C16H17N5. The first-order valence-electron chi connectivity index (χ1n) is 7.00. The summed E-state index contributed by atoms with van der Waals surface area (Å²) in [6.07, 6.45) is 10.2. The maximum Gasteiger partial charge on any atom is 0.158 e. The van der Waals surface area contributed by atoms with Crippen LogP contribution in [-0.2, 0) is 6.54 Å². The van der Waals surface area contributed by atoms with Crippen molar-refractivity contribution in [1.29, 1.82) is 0 Å². The van der Waals surface area contributed by atoms with Crippen molar-refractivity contribution in [2.24, 2.45) is 0 Å². The Hall–Kier alpha value is -2.69. The van der Waals surface area contributed by atoms with E-state index in [4.69, 9.17) is 0 Å². The highest BCUT2D eigenvalue weighted by atomic mass is 15.1. The minimum Gasteiger partial charge on any atom is -0.384 e. The van der Waals surface area contributed by atoms with E-state index in [2.05, 4.69) is 24.8 Å². The van der Waals surface area contributed by atoms with Crippen LogP contribution in [0.1, 0.15) is 6.42 Å². The Kier molecular flexibility index (Phi) is 4.21. The van der Waals surface area contributed by atoms with E-state index in [0.717, 1.165) is 36.7 Å².